The summed E-state index contributed by atoms with van der Waals surface area (Å²) in [5.74, 6) is 0.721. The Labute approximate surface area is 195 Å². The lowest BCUT2D eigenvalue weighted by Gasteiger charge is -2.19. The van der Waals surface area contributed by atoms with Crippen molar-refractivity contribution >= 4 is 51.4 Å². The molecule has 0 radical (unpaired) electrons. The van der Waals surface area contributed by atoms with E-state index in [1.54, 1.807) is 13.1 Å². The van der Waals surface area contributed by atoms with E-state index in [9.17, 15) is 8.42 Å². The molecule has 0 amide bonds. The van der Waals surface area contributed by atoms with Gasteiger partial charge in [-0.05, 0) is 54.7 Å². The molecule has 0 saturated heterocycles. The van der Waals surface area contributed by atoms with E-state index in [4.69, 9.17) is 11.6 Å². The van der Waals surface area contributed by atoms with E-state index in [1.807, 2.05) is 37.3 Å². The van der Waals surface area contributed by atoms with Crippen molar-refractivity contribution in [3.05, 3.63) is 64.2 Å². The minimum Gasteiger partial charge on any atom is -0.356 e. The molecule has 8 heteroatoms. The molecule has 0 heterocycles. The highest BCUT2D eigenvalue weighted by Gasteiger charge is 2.44. The summed E-state index contributed by atoms with van der Waals surface area (Å²) in [6, 6.07) is 13.4. The third-order valence-corrected chi connectivity index (χ3v) is 6.70. The Morgan fingerprint density at radius 3 is 2.45 bits per heavy atom. The van der Waals surface area contributed by atoms with Gasteiger partial charge in [0.05, 0.1) is 4.90 Å². The van der Waals surface area contributed by atoms with E-state index in [0.717, 1.165) is 41.5 Å². The fraction of sp³-hybridized carbons (Fsp3) is 0.381. The Morgan fingerprint density at radius 2 is 1.90 bits per heavy atom. The molecule has 0 atom stereocenters. The molecule has 2 aromatic rings. The monoisotopic (exact) mass is 547 g/mol. The topological polar surface area (TPSA) is 70.6 Å². The number of rotatable bonds is 6. The van der Waals surface area contributed by atoms with Crippen LogP contribution in [0.15, 0.2) is 52.4 Å². The van der Waals surface area contributed by atoms with Gasteiger partial charge in [0.15, 0.2) is 15.8 Å². The van der Waals surface area contributed by atoms with Crippen LogP contribution in [-0.4, -0.2) is 34.2 Å². The third-order valence-electron chi connectivity index (χ3n) is 5.21. The Bertz CT molecular complexity index is 1000. The third kappa shape index (κ3) is 6.08. The van der Waals surface area contributed by atoms with Crippen LogP contribution in [0, 0.1) is 6.92 Å². The first kappa shape index (κ1) is 24.0. The number of sulfone groups is 1. The smallest absolute Gasteiger partial charge is 0.191 e. The molecule has 2 aromatic carbocycles. The number of nitrogens with zero attached hydrogens (tertiary/aromatic N) is 1. The molecular formula is C21H27ClIN3O2S. The van der Waals surface area contributed by atoms with Gasteiger partial charge in [0, 0.05) is 36.8 Å². The van der Waals surface area contributed by atoms with Crippen molar-refractivity contribution in [2.24, 2.45) is 4.99 Å². The van der Waals surface area contributed by atoms with Crippen molar-refractivity contribution < 1.29 is 8.42 Å². The molecule has 2 N–H and O–H groups in total. The summed E-state index contributed by atoms with van der Waals surface area (Å²) in [5.41, 5.74) is 3.14. The van der Waals surface area contributed by atoms with Gasteiger partial charge in [0.2, 0.25) is 0 Å². The number of aliphatic imine (C=N–C) groups is 1. The molecular weight excluding hydrogens is 521 g/mol. The quantitative estimate of drug-likeness (QED) is 0.325. The van der Waals surface area contributed by atoms with Gasteiger partial charge in [0.1, 0.15) is 0 Å². The van der Waals surface area contributed by atoms with Gasteiger partial charge < -0.3 is 10.6 Å². The Hall–Kier alpha value is -1.32. The van der Waals surface area contributed by atoms with Crippen molar-refractivity contribution in [2.75, 3.05) is 19.8 Å². The minimum absolute atomic E-state index is 0. The summed E-state index contributed by atoms with van der Waals surface area (Å²) in [7, 11) is -1.46. The summed E-state index contributed by atoms with van der Waals surface area (Å²) < 4.78 is 23.5. The molecule has 158 valence electrons. The van der Waals surface area contributed by atoms with Crippen LogP contribution < -0.4 is 10.6 Å². The average Bonchev–Trinajstić information content (AvgIpc) is 3.42. The largest absolute Gasteiger partial charge is 0.356 e. The summed E-state index contributed by atoms with van der Waals surface area (Å²) >= 11 is 6.14. The first-order valence-electron chi connectivity index (χ1n) is 9.24. The van der Waals surface area contributed by atoms with Crippen LogP contribution in [0.1, 0.15) is 29.5 Å². The van der Waals surface area contributed by atoms with Gasteiger partial charge in [0.25, 0.3) is 0 Å². The maximum absolute atomic E-state index is 11.7. The second-order valence-electron chi connectivity index (χ2n) is 7.44. The van der Waals surface area contributed by atoms with Gasteiger partial charge in [-0.25, -0.2) is 8.42 Å². The zero-order chi connectivity index (χ0) is 20.4. The summed E-state index contributed by atoms with van der Waals surface area (Å²) in [4.78, 5) is 4.67. The lowest BCUT2D eigenvalue weighted by Crippen LogP contribution is -2.40. The fourth-order valence-corrected chi connectivity index (χ4v) is 4.58. The van der Waals surface area contributed by atoms with Crippen LogP contribution in [0.3, 0.4) is 0 Å². The highest BCUT2D eigenvalue weighted by atomic mass is 127. The molecule has 1 aliphatic carbocycles. The second-order valence-corrected chi connectivity index (χ2v) is 9.86. The zero-order valence-corrected chi connectivity index (χ0v) is 20.7. The van der Waals surface area contributed by atoms with Gasteiger partial charge in [-0.2, -0.15) is 0 Å². The first-order chi connectivity index (χ1) is 13.2. The van der Waals surface area contributed by atoms with Crippen LogP contribution in [0.4, 0.5) is 0 Å². The van der Waals surface area contributed by atoms with Crippen LogP contribution in [-0.2, 0) is 21.8 Å². The van der Waals surface area contributed by atoms with E-state index >= 15 is 0 Å². The maximum atomic E-state index is 11.7. The predicted octanol–water partition coefficient (Wildman–Crippen LogP) is 4.07. The number of nitrogens with one attached hydrogen (secondary N) is 2. The molecule has 1 aliphatic rings. The molecule has 1 fully saturated rings. The second kappa shape index (κ2) is 9.66. The maximum Gasteiger partial charge on any atom is 0.191 e. The van der Waals surface area contributed by atoms with E-state index in [1.165, 1.54) is 11.8 Å². The normalized spacial score (nSPS) is 15.4. The zero-order valence-electron chi connectivity index (χ0n) is 16.8. The molecule has 0 unspecified atom stereocenters. The molecule has 0 spiro atoms. The van der Waals surface area contributed by atoms with E-state index in [-0.39, 0.29) is 29.4 Å². The minimum atomic E-state index is -3.20. The van der Waals surface area contributed by atoms with Crippen molar-refractivity contribution in [3.63, 3.8) is 0 Å². The fourth-order valence-electron chi connectivity index (χ4n) is 3.43. The number of hydrogen-bond acceptors (Lipinski definition) is 3. The summed E-state index contributed by atoms with van der Waals surface area (Å²) in [6.45, 7) is 3.17. The van der Waals surface area contributed by atoms with Crippen molar-refractivity contribution in [1.82, 2.24) is 10.6 Å². The van der Waals surface area contributed by atoms with Crippen LogP contribution in [0.5, 0.6) is 0 Å². The van der Waals surface area contributed by atoms with E-state index in [0.29, 0.717) is 11.4 Å². The molecule has 5 nitrogen and oxygen atoms in total. The van der Waals surface area contributed by atoms with Crippen LogP contribution >= 0.6 is 35.6 Å². The molecule has 0 aliphatic heterocycles. The lowest BCUT2D eigenvalue weighted by atomic mass is 9.96. The Kier molecular flexibility index (Phi) is 7.98. The van der Waals surface area contributed by atoms with Gasteiger partial charge in [-0.3, -0.25) is 4.99 Å². The number of hydrogen-bond donors (Lipinski definition) is 2. The highest BCUT2D eigenvalue weighted by Crippen LogP contribution is 2.48. The number of halogens is 2. The van der Waals surface area contributed by atoms with Crippen LogP contribution in [0.25, 0.3) is 0 Å². The van der Waals surface area contributed by atoms with E-state index < -0.39 is 9.84 Å². The Balaban J connectivity index is 0.00000300. The lowest BCUT2D eigenvalue weighted by molar-refractivity contribution is 0.601. The highest BCUT2D eigenvalue weighted by molar-refractivity contribution is 14.0. The van der Waals surface area contributed by atoms with Gasteiger partial charge in [-0.1, -0.05) is 35.9 Å². The number of benzene rings is 2. The standard InChI is InChI=1S/C21H26ClN3O2S.HI/c1-15-11-16(7-8-19(15)28(3,26)27)13-24-20(23-2)25-14-21(9-10-21)17-5-4-6-18(22)12-17;/h4-8,11-12H,9-10,13-14H2,1-3H3,(H2,23,24,25);1H. The van der Waals surface area contributed by atoms with Crippen molar-refractivity contribution in [3.8, 4) is 0 Å². The Morgan fingerprint density at radius 1 is 1.17 bits per heavy atom. The van der Waals surface area contributed by atoms with E-state index in [2.05, 4.69) is 21.7 Å². The predicted molar refractivity (Wildman–Crippen MR) is 130 cm³/mol. The van der Waals surface area contributed by atoms with Crippen molar-refractivity contribution in [1.29, 1.82) is 0 Å². The molecule has 1 saturated carbocycles. The molecule has 0 aromatic heterocycles. The molecule has 0 bridgehead atoms. The van der Waals surface area contributed by atoms with Gasteiger partial charge in [-0.15, -0.1) is 24.0 Å². The first-order valence-corrected chi connectivity index (χ1v) is 11.5. The number of guanidine groups is 1. The molecule has 29 heavy (non-hydrogen) atoms. The number of aryl methyl sites for hydroxylation is 1. The summed E-state index contributed by atoms with van der Waals surface area (Å²) in [6.07, 6.45) is 3.49. The summed E-state index contributed by atoms with van der Waals surface area (Å²) in [5, 5.41) is 7.47. The van der Waals surface area contributed by atoms with Crippen LogP contribution in [0.2, 0.25) is 5.02 Å². The van der Waals surface area contributed by atoms with Crippen molar-refractivity contribution in [2.45, 2.75) is 36.6 Å². The SMILES string of the molecule is CN=C(NCc1ccc(S(C)(=O)=O)c(C)c1)NCC1(c2cccc(Cl)c2)CC1.I. The molecule has 3 rings (SSSR count). The van der Waals surface area contributed by atoms with Gasteiger partial charge >= 0.3 is 0 Å². The average molecular weight is 548 g/mol.